The van der Waals surface area contributed by atoms with Crippen molar-refractivity contribution in [2.75, 3.05) is 5.32 Å². The van der Waals surface area contributed by atoms with E-state index in [4.69, 9.17) is 0 Å². The van der Waals surface area contributed by atoms with E-state index in [1.54, 1.807) is 12.1 Å². The van der Waals surface area contributed by atoms with Gasteiger partial charge in [-0.15, -0.1) is 0 Å². The number of carbonyl (C=O) groups excluding carboxylic acids is 1. The van der Waals surface area contributed by atoms with Gasteiger partial charge in [0.25, 0.3) is 0 Å². The van der Waals surface area contributed by atoms with Crippen molar-refractivity contribution in [1.82, 2.24) is 4.98 Å². The number of nitrogens with zero attached hydrogens (tertiary/aromatic N) is 1. The molecule has 0 bridgehead atoms. The molecule has 3 aromatic rings. The van der Waals surface area contributed by atoms with Crippen LogP contribution in [0.4, 0.5) is 10.2 Å². The van der Waals surface area contributed by atoms with Crippen LogP contribution in [0.25, 0.3) is 21.9 Å². The van der Waals surface area contributed by atoms with Gasteiger partial charge in [-0.25, -0.2) is 9.37 Å². The molecule has 0 radical (unpaired) electrons. The van der Waals surface area contributed by atoms with E-state index in [1.807, 2.05) is 25.1 Å². The molecule has 4 rings (SSSR count). The summed E-state index contributed by atoms with van der Waals surface area (Å²) in [5.41, 5.74) is 3.95. The number of carbonyl (C=O) groups is 1. The zero-order chi connectivity index (χ0) is 17.6. The lowest BCUT2D eigenvalue weighted by Gasteiger charge is -2.12. The van der Waals surface area contributed by atoms with Crippen LogP contribution in [0.3, 0.4) is 0 Å². The van der Waals surface area contributed by atoms with Crippen molar-refractivity contribution in [3.8, 4) is 11.1 Å². The Morgan fingerprint density at radius 1 is 1.16 bits per heavy atom. The Morgan fingerprint density at radius 3 is 2.68 bits per heavy atom. The molecule has 3 nitrogen and oxygen atoms in total. The van der Waals surface area contributed by atoms with Crippen LogP contribution in [-0.2, 0) is 4.79 Å². The molecule has 1 amide bonds. The van der Waals surface area contributed by atoms with E-state index in [2.05, 4.69) is 16.4 Å². The first kappa shape index (κ1) is 15.8. The summed E-state index contributed by atoms with van der Waals surface area (Å²) in [6.45, 7) is 3.47. The molecule has 0 aliphatic heterocycles. The van der Waals surface area contributed by atoms with Crippen LogP contribution >= 0.6 is 0 Å². The van der Waals surface area contributed by atoms with E-state index in [-0.39, 0.29) is 11.7 Å². The largest absolute Gasteiger partial charge is 0.311 e. The van der Waals surface area contributed by atoms with E-state index in [9.17, 15) is 9.18 Å². The van der Waals surface area contributed by atoms with Gasteiger partial charge in [-0.3, -0.25) is 4.79 Å². The summed E-state index contributed by atoms with van der Waals surface area (Å²) in [7, 11) is 0. The van der Waals surface area contributed by atoms with Gasteiger partial charge < -0.3 is 5.32 Å². The highest BCUT2D eigenvalue weighted by atomic mass is 19.1. The number of aromatic nitrogens is 1. The summed E-state index contributed by atoms with van der Waals surface area (Å²) in [5.74, 6) is 0.680. The van der Waals surface area contributed by atoms with Crippen LogP contribution < -0.4 is 5.32 Å². The molecule has 1 saturated carbocycles. The molecule has 2 aromatic carbocycles. The summed E-state index contributed by atoms with van der Waals surface area (Å²) >= 11 is 0. The van der Waals surface area contributed by atoms with E-state index >= 15 is 0 Å². The molecule has 0 spiro atoms. The van der Waals surface area contributed by atoms with E-state index < -0.39 is 0 Å². The summed E-state index contributed by atoms with van der Waals surface area (Å²) in [6, 6.07) is 12.9. The molecule has 0 unspecified atom stereocenters. The Kier molecular flexibility index (Phi) is 3.75. The lowest BCUT2D eigenvalue weighted by Crippen LogP contribution is -2.08. The lowest BCUT2D eigenvalue weighted by molar-refractivity contribution is -0.114. The fourth-order valence-corrected chi connectivity index (χ4v) is 3.26. The average Bonchev–Trinajstić information content (AvgIpc) is 3.40. The Balaban J connectivity index is 1.89. The molecule has 0 saturated heterocycles. The van der Waals surface area contributed by atoms with Crippen LogP contribution in [-0.4, -0.2) is 10.9 Å². The number of hydrogen-bond acceptors (Lipinski definition) is 2. The first-order chi connectivity index (χ1) is 12.0. The van der Waals surface area contributed by atoms with Gasteiger partial charge >= 0.3 is 0 Å². The number of halogens is 1. The van der Waals surface area contributed by atoms with Gasteiger partial charge in [-0.1, -0.05) is 18.2 Å². The van der Waals surface area contributed by atoms with Crippen LogP contribution in [0.5, 0.6) is 0 Å². The predicted octanol–water partition coefficient (Wildman–Crippen LogP) is 5.19. The quantitative estimate of drug-likeness (QED) is 0.716. The maximum Gasteiger partial charge on any atom is 0.222 e. The van der Waals surface area contributed by atoms with Gasteiger partial charge in [0.2, 0.25) is 5.91 Å². The monoisotopic (exact) mass is 334 g/mol. The van der Waals surface area contributed by atoms with Gasteiger partial charge in [0.15, 0.2) is 0 Å². The van der Waals surface area contributed by atoms with Crippen molar-refractivity contribution < 1.29 is 9.18 Å². The SMILES string of the molecule is CC(=O)Nc1cc2ccc(-c3cc(F)ccc3C)cc2c(C2CC2)n1. The fourth-order valence-electron chi connectivity index (χ4n) is 3.26. The molecule has 0 atom stereocenters. The minimum Gasteiger partial charge on any atom is -0.311 e. The number of amides is 1. The molecule has 1 heterocycles. The van der Waals surface area contributed by atoms with Crippen LogP contribution in [0.15, 0.2) is 42.5 Å². The van der Waals surface area contributed by atoms with Gasteiger partial charge in [0.05, 0.1) is 5.69 Å². The molecule has 25 heavy (non-hydrogen) atoms. The smallest absolute Gasteiger partial charge is 0.222 e. The molecule has 1 aliphatic rings. The lowest BCUT2D eigenvalue weighted by atomic mass is 9.96. The van der Waals surface area contributed by atoms with Crippen LogP contribution in [0.2, 0.25) is 0 Å². The van der Waals surface area contributed by atoms with Crippen molar-refractivity contribution in [2.24, 2.45) is 0 Å². The summed E-state index contributed by atoms with van der Waals surface area (Å²) in [4.78, 5) is 16.0. The van der Waals surface area contributed by atoms with Crippen molar-refractivity contribution in [2.45, 2.75) is 32.6 Å². The van der Waals surface area contributed by atoms with Gasteiger partial charge in [0, 0.05) is 18.2 Å². The predicted molar refractivity (Wildman–Crippen MR) is 98.2 cm³/mol. The summed E-state index contributed by atoms with van der Waals surface area (Å²) in [5, 5.41) is 4.90. The molecule has 126 valence electrons. The van der Waals surface area contributed by atoms with E-state index in [1.165, 1.54) is 13.0 Å². The first-order valence-electron chi connectivity index (χ1n) is 8.50. The molecule has 1 aliphatic carbocycles. The third kappa shape index (κ3) is 3.12. The van der Waals surface area contributed by atoms with E-state index in [0.29, 0.717) is 11.7 Å². The molecule has 4 heteroatoms. The second-order valence-corrected chi connectivity index (χ2v) is 6.74. The number of fused-ring (bicyclic) bond motifs is 1. The first-order valence-corrected chi connectivity index (χ1v) is 8.50. The number of pyridine rings is 1. The average molecular weight is 334 g/mol. The Labute approximate surface area is 145 Å². The highest BCUT2D eigenvalue weighted by Crippen LogP contribution is 2.43. The minimum absolute atomic E-state index is 0.124. The third-order valence-electron chi connectivity index (χ3n) is 4.64. The number of rotatable bonds is 3. The van der Waals surface area contributed by atoms with E-state index in [0.717, 1.165) is 46.0 Å². The summed E-state index contributed by atoms with van der Waals surface area (Å²) < 4.78 is 13.7. The van der Waals surface area contributed by atoms with Crippen LogP contribution in [0.1, 0.15) is 36.9 Å². The maximum absolute atomic E-state index is 13.7. The Morgan fingerprint density at radius 2 is 1.96 bits per heavy atom. The highest BCUT2D eigenvalue weighted by Gasteiger charge is 2.27. The highest BCUT2D eigenvalue weighted by molar-refractivity contribution is 5.95. The standard InChI is InChI=1S/C21H19FN2O/c1-12-3-8-17(22)11-18(12)15-6-7-16-10-20(23-13(2)25)24-21(14-4-5-14)19(16)9-15/h3,6-11,14H,4-5H2,1-2H3,(H,23,24,25). The van der Waals surface area contributed by atoms with Gasteiger partial charge in [-0.05, 0) is 66.1 Å². The van der Waals surface area contributed by atoms with Gasteiger partial charge in [0.1, 0.15) is 11.6 Å². The number of nitrogens with one attached hydrogen (secondary N) is 1. The summed E-state index contributed by atoms with van der Waals surface area (Å²) in [6.07, 6.45) is 2.24. The molecule has 1 aromatic heterocycles. The zero-order valence-electron chi connectivity index (χ0n) is 14.3. The number of anilines is 1. The normalized spacial score (nSPS) is 13.9. The third-order valence-corrected chi connectivity index (χ3v) is 4.64. The second-order valence-electron chi connectivity index (χ2n) is 6.74. The molecular formula is C21H19FN2O. The Bertz CT molecular complexity index is 993. The molecule has 1 fully saturated rings. The van der Waals surface area contributed by atoms with Crippen molar-refractivity contribution in [1.29, 1.82) is 0 Å². The molecule has 1 N–H and O–H groups in total. The second kappa shape index (κ2) is 5.96. The topological polar surface area (TPSA) is 42.0 Å². The number of aryl methyl sites for hydroxylation is 1. The van der Waals surface area contributed by atoms with Crippen molar-refractivity contribution >= 4 is 22.5 Å². The van der Waals surface area contributed by atoms with Gasteiger partial charge in [-0.2, -0.15) is 0 Å². The number of benzene rings is 2. The molecular weight excluding hydrogens is 315 g/mol. The van der Waals surface area contributed by atoms with Crippen molar-refractivity contribution in [3.63, 3.8) is 0 Å². The fraction of sp³-hybridized carbons (Fsp3) is 0.238. The minimum atomic E-state index is -0.234. The zero-order valence-corrected chi connectivity index (χ0v) is 14.3. The van der Waals surface area contributed by atoms with Crippen molar-refractivity contribution in [3.05, 3.63) is 59.5 Å². The number of hydrogen-bond donors (Lipinski definition) is 1. The maximum atomic E-state index is 13.7. The Hall–Kier alpha value is -2.75. The van der Waals surface area contributed by atoms with Crippen LogP contribution in [0, 0.1) is 12.7 Å².